The second-order valence-corrected chi connectivity index (χ2v) is 7.84. The number of carbonyl (C=O) groups is 1. The van der Waals surface area contributed by atoms with Gasteiger partial charge in [0.2, 0.25) is 0 Å². The maximum atomic E-state index is 11.4. The number of carboxylic acids is 1. The maximum Gasteiger partial charge on any atom is 0.312 e. The summed E-state index contributed by atoms with van der Waals surface area (Å²) in [6, 6.07) is 6.94. The Morgan fingerprint density at radius 3 is 2.15 bits per heavy atom. The highest BCUT2D eigenvalue weighted by molar-refractivity contribution is 7.90. The molecule has 0 radical (unpaired) electrons. The minimum atomic E-state index is -3.09. The number of aliphatic carboxylic acids is 1. The molecule has 20 heavy (non-hydrogen) atoms. The third-order valence-electron chi connectivity index (χ3n) is 3.25. The molecule has 0 bridgehead atoms. The molecule has 0 spiro atoms. The summed E-state index contributed by atoms with van der Waals surface area (Å²) < 4.78 is 22.9. The Balaban J connectivity index is 3.04. The SMILES string of the molecule is CC(C)(CS(C)(=O)=O)c1ccc(C(CN)C(=O)O)cc1. The molecule has 3 N–H and O–H groups in total. The molecule has 1 unspecified atom stereocenters. The first kappa shape index (κ1) is 16.7. The normalized spacial score (nSPS) is 14.0. The lowest BCUT2D eigenvalue weighted by molar-refractivity contribution is -0.138. The average molecular weight is 299 g/mol. The number of hydrogen-bond donors (Lipinski definition) is 2. The van der Waals surface area contributed by atoms with Gasteiger partial charge in [0.15, 0.2) is 0 Å². The molecular formula is C14H21NO4S. The van der Waals surface area contributed by atoms with Crippen molar-refractivity contribution in [2.45, 2.75) is 25.2 Å². The molecule has 0 aliphatic heterocycles. The molecule has 5 nitrogen and oxygen atoms in total. The van der Waals surface area contributed by atoms with Crippen LogP contribution in [0.5, 0.6) is 0 Å². The van der Waals surface area contributed by atoms with Gasteiger partial charge in [-0.3, -0.25) is 4.79 Å². The number of carboxylic acid groups (broad SMARTS) is 1. The summed E-state index contributed by atoms with van der Waals surface area (Å²) in [5, 5.41) is 9.05. The minimum Gasteiger partial charge on any atom is -0.481 e. The summed E-state index contributed by atoms with van der Waals surface area (Å²) in [6.07, 6.45) is 1.21. The first-order valence-electron chi connectivity index (χ1n) is 6.28. The lowest BCUT2D eigenvalue weighted by Crippen LogP contribution is -2.28. The van der Waals surface area contributed by atoms with Gasteiger partial charge in [-0.05, 0) is 11.1 Å². The summed E-state index contributed by atoms with van der Waals surface area (Å²) in [4.78, 5) is 11.0. The Bertz CT molecular complexity index is 576. The summed E-state index contributed by atoms with van der Waals surface area (Å²) in [5.41, 5.74) is 6.41. The Hall–Kier alpha value is -1.40. The highest BCUT2D eigenvalue weighted by Crippen LogP contribution is 2.26. The molecule has 0 aliphatic rings. The smallest absolute Gasteiger partial charge is 0.312 e. The van der Waals surface area contributed by atoms with E-state index in [-0.39, 0.29) is 12.3 Å². The average Bonchev–Trinajstić information content (AvgIpc) is 2.27. The van der Waals surface area contributed by atoms with Crippen molar-refractivity contribution in [3.8, 4) is 0 Å². The molecule has 6 heteroatoms. The van der Waals surface area contributed by atoms with Crippen molar-refractivity contribution in [3.05, 3.63) is 35.4 Å². The molecule has 112 valence electrons. The Labute approximate surface area is 119 Å². The van der Waals surface area contributed by atoms with Crippen molar-refractivity contribution in [1.29, 1.82) is 0 Å². The number of hydrogen-bond acceptors (Lipinski definition) is 4. The number of benzene rings is 1. The van der Waals surface area contributed by atoms with Gasteiger partial charge in [0.25, 0.3) is 0 Å². The van der Waals surface area contributed by atoms with Crippen molar-refractivity contribution < 1.29 is 18.3 Å². The monoisotopic (exact) mass is 299 g/mol. The van der Waals surface area contributed by atoms with E-state index in [1.54, 1.807) is 24.3 Å². The van der Waals surface area contributed by atoms with E-state index >= 15 is 0 Å². The van der Waals surface area contributed by atoms with Crippen LogP contribution in [0.25, 0.3) is 0 Å². The standard InChI is InChI=1S/C14H21NO4S/c1-14(2,9-20(3,18)19)11-6-4-10(5-7-11)12(8-15)13(16)17/h4-7,12H,8-9,15H2,1-3H3,(H,16,17). The van der Waals surface area contributed by atoms with Crippen LogP contribution in [0.4, 0.5) is 0 Å². The molecule has 0 aliphatic carbocycles. The van der Waals surface area contributed by atoms with E-state index in [4.69, 9.17) is 10.8 Å². The molecule has 0 fully saturated rings. The highest BCUT2D eigenvalue weighted by Gasteiger charge is 2.26. The fourth-order valence-electron chi connectivity index (χ4n) is 2.28. The van der Waals surface area contributed by atoms with Gasteiger partial charge in [-0.25, -0.2) is 8.42 Å². The van der Waals surface area contributed by atoms with E-state index in [2.05, 4.69) is 0 Å². The third-order valence-corrected chi connectivity index (χ3v) is 4.50. The molecule has 0 heterocycles. The number of nitrogens with two attached hydrogens (primary N) is 1. The molecular weight excluding hydrogens is 278 g/mol. The molecule has 0 amide bonds. The van der Waals surface area contributed by atoms with E-state index in [0.29, 0.717) is 5.56 Å². The van der Waals surface area contributed by atoms with Gasteiger partial charge in [-0.1, -0.05) is 38.1 Å². The number of sulfone groups is 1. The zero-order valence-electron chi connectivity index (χ0n) is 12.0. The second kappa shape index (κ2) is 5.93. The predicted molar refractivity (Wildman–Crippen MR) is 78.6 cm³/mol. The van der Waals surface area contributed by atoms with Crippen LogP contribution in [-0.4, -0.2) is 38.0 Å². The molecule has 1 rings (SSSR count). The highest BCUT2D eigenvalue weighted by atomic mass is 32.2. The van der Waals surface area contributed by atoms with E-state index < -0.39 is 27.1 Å². The van der Waals surface area contributed by atoms with Crippen LogP contribution < -0.4 is 5.73 Å². The molecule has 1 aromatic rings. The van der Waals surface area contributed by atoms with Crippen LogP contribution in [0.2, 0.25) is 0 Å². The topological polar surface area (TPSA) is 97.5 Å². The Morgan fingerprint density at radius 2 is 1.80 bits per heavy atom. The van der Waals surface area contributed by atoms with Crippen LogP contribution in [-0.2, 0) is 20.0 Å². The van der Waals surface area contributed by atoms with Gasteiger partial charge in [-0.2, -0.15) is 0 Å². The predicted octanol–water partition coefficient (Wildman–Crippen LogP) is 1.14. The zero-order chi connectivity index (χ0) is 15.6. The lowest BCUT2D eigenvalue weighted by atomic mass is 9.85. The summed E-state index contributed by atoms with van der Waals surface area (Å²) in [7, 11) is -3.09. The van der Waals surface area contributed by atoms with E-state index in [9.17, 15) is 13.2 Å². The number of rotatable bonds is 6. The van der Waals surface area contributed by atoms with E-state index in [1.165, 1.54) is 6.26 Å². The van der Waals surface area contributed by atoms with Gasteiger partial charge in [-0.15, -0.1) is 0 Å². The summed E-state index contributed by atoms with van der Waals surface area (Å²) >= 11 is 0. The van der Waals surface area contributed by atoms with Crippen LogP contribution in [0.15, 0.2) is 24.3 Å². The quantitative estimate of drug-likeness (QED) is 0.820. The fourth-order valence-corrected chi connectivity index (χ4v) is 3.76. The van der Waals surface area contributed by atoms with Crippen molar-refractivity contribution in [2.75, 3.05) is 18.6 Å². The first-order valence-corrected chi connectivity index (χ1v) is 8.34. The van der Waals surface area contributed by atoms with Crippen LogP contribution in [0.1, 0.15) is 30.9 Å². The first-order chi connectivity index (χ1) is 9.07. The van der Waals surface area contributed by atoms with E-state index in [1.807, 2.05) is 13.8 Å². The maximum absolute atomic E-state index is 11.4. The zero-order valence-corrected chi connectivity index (χ0v) is 12.8. The van der Waals surface area contributed by atoms with Gasteiger partial charge < -0.3 is 10.8 Å². The molecule has 0 aromatic heterocycles. The molecule has 0 saturated carbocycles. The van der Waals surface area contributed by atoms with Crippen molar-refractivity contribution >= 4 is 15.8 Å². The Kier molecular flexibility index (Phi) is 4.94. The third kappa shape index (κ3) is 4.31. The van der Waals surface area contributed by atoms with Gasteiger partial charge >= 0.3 is 5.97 Å². The molecule has 1 atom stereocenters. The van der Waals surface area contributed by atoms with Crippen LogP contribution in [0, 0.1) is 0 Å². The van der Waals surface area contributed by atoms with Crippen LogP contribution in [0.3, 0.4) is 0 Å². The molecule has 0 saturated heterocycles. The van der Waals surface area contributed by atoms with Gasteiger partial charge in [0.1, 0.15) is 9.84 Å². The van der Waals surface area contributed by atoms with Crippen molar-refractivity contribution in [2.24, 2.45) is 5.73 Å². The van der Waals surface area contributed by atoms with Gasteiger partial charge in [0, 0.05) is 18.2 Å². The summed E-state index contributed by atoms with van der Waals surface area (Å²) in [5.74, 6) is -1.66. The molecule has 1 aromatic carbocycles. The summed E-state index contributed by atoms with van der Waals surface area (Å²) in [6.45, 7) is 3.72. The largest absolute Gasteiger partial charge is 0.481 e. The van der Waals surface area contributed by atoms with E-state index in [0.717, 1.165) is 5.56 Å². The second-order valence-electron chi connectivity index (χ2n) is 5.70. The van der Waals surface area contributed by atoms with Crippen LogP contribution >= 0.6 is 0 Å². The minimum absolute atomic E-state index is 0.0292. The Morgan fingerprint density at radius 1 is 1.30 bits per heavy atom. The van der Waals surface area contributed by atoms with Crippen molar-refractivity contribution in [3.63, 3.8) is 0 Å². The van der Waals surface area contributed by atoms with Crippen molar-refractivity contribution in [1.82, 2.24) is 0 Å². The fraction of sp³-hybridized carbons (Fsp3) is 0.500. The van der Waals surface area contributed by atoms with Gasteiger partial charge in [0.05, 0.1) is 11.7 Å². The lowest BCUT2D eigenvalue weighted by Gasteiger charge is -2.24.